The third kappa shape index (κ3) is 2.61. The van der Waals surface area contributed by atoms with E-state index in [1.165, 1.54) is 7.11 Å². The van der Waals surface area contributed by atoms with Crippen molar-refractivity contribution in [3.8, 4) is 0 Å². The summed E-state index contributed by atoms with van der Waals surface area (Å²) in [6.45, 7) is 5.92. The third-order valence-electron chi connectivity index (χ3n) is 3.29. The Morgan fingerprint density at radius 3 is 2.89 bits per heavy atom. The maximum Gasteiger partial charge on any atom is 0.339 e. The molecule has 0 aliphatic carbocycles. The van der Waals surface area contributed by atoms with Gasteiger partial charge in [-0.1, -0.05) is 0 Å². The Morgan fingerprint density at radius 1 is 1.56 bits per heavy atom. The molecule has 0 spiro atoms. The van der Waals surface area contributed by atoms with E-state index < -0.39 is 0 Å². The molecule has 1 fully saturated rings. The molecule has 0 radical (unpaired) electrons. The van der Waals surface area contributed by atoms with Crippen LogP contribution in [0, 0.1) is 6.92 Å². The molecule has 1 aliphatic heterocycles. The van der Waals surface area contributed by atoms with Crippen LogP contribution >= 0.6 is 0 Å². The normalized spacial score (nSPS) is 22.8. The molecule has 1 unspecified atom stereocenters. The summed E-state index contributed by atoms with van der Waals surface area (Å²) in [7, 11) is 1.37. The topological polar surface area (TPSA) is 63.2 Å². The van der Waals surface area contributed by atoms with Gasteiger partial charge in [-0.15, -0.1) is 0 Å². The Bertz CT molecular complexity index is 454. The molecule has 0 bridgehead atoms. The minimum atomic E-state index is -0.347. The first-order valence-electron chi connectivity index (χ1n) is 6.09. The smallest absolute Gasteiger partial charge is 0.339 e. The van der Waals surface area contributed by atoms with Crippen molar-refractivity contribution in [2.45, 2.75) is 25.8 Å². The number of ether oxygens (including phenoxy) is 1. The van der Waals surface area contributed by atoms with Gasteiger partial charge in [0.25, 0.3) is 0 Å². The van der Waals surface area contributed by atoms with Gasteiger partial charge in [-0.3, -0.25) is 0 Å². The lowest BCUT2D eigenvalue weighted by Crippen LogP contribution is -2.37. The van der Waals surface area contributed by atoms with Crippen molar-refractivity contribution in [3.63, 3.8) is 0 Å². The highest BCUT2D eigenvalue weighted by Crippen LogP contribution is 2.21. The van der Waals surface area contributed by atoms with E-state index in [0.29, 0.717) is 11.3 Å². The minimum absolute atomic E-state index is 0.0340. The van der Waals surface area contributed by atoms with Crippen LogP contribution in [0.25, 0.3) is 0 Å². The van der Waals surface area contributed by atoms with Crippen LogP contribution < -0.4 is 10.6 Å². The van der Waals surface area contributed by atoms with E-state index >= 15 is 0 Å². The molecule has 5 heteroatoms. The summed E-state index contributed by atoms with van der Waals surface area (Å²) >= 11 is 0. The number of carbonyl (C=O) groups is 1. The van der Waals surface area contributed by atoms with Crippen LogP contribution in [0.1, 0.15) is 29.4 Å². The lowest BCUT2D eigenvalue weighted by atomic mass is 10.0. The number of carbonyl (C=O) groups excluding carboxylic acids is 1. The maximum absolute atomic E-state index is 11.5. The molecule has 2 N–H and O–H groups in total. The quantitative estimate of drug-likeness (QED) is 0.791. The van der Waals surface area contributed by atoms with Crippen LogP contribution in [0.5, 0.6) is 0 Å². The van der Waals surface area contributed by atoms with E-state index in [2.05, 4.69) is 22.5 Å². The summed E-state index contributed by atoms with van der Waals surface area (Å²) in [4.78, 5) is 15.9. The first kappa shape index (κ1) is 12.8. The van der Waals surface area contributed by atoms with Crippen LogP contribution in [0.15, 0.2) is 12.1 Å². The summed E-state index contributed by atoms with van der Waals surface area (Å²) < 4.78 is 4.70. The van der Waals surface area contributed by atoms with Crippen LogP contribution in [-0.4, -0.2) is 36.7 Å². The van der Waals surface area contributed by atoms with Crippen molar-refractivity contribution in [1.82, 2.24) is 10.3 Å². The molecule has 1 aromatic heterocycles. The van der Waals surface area contributed by atoms with E-state index in [0.717, 1.165) is 25.3 Å². The van der Waals surface area contributed by atoms with E-state index in [-0.39, 0.29) is 11.5 Å². The number of hydrogen-bond donors (Lipinski definition) is 2. The number of rotatable bonds is 3. The minimum Gasteiger partial charge on any atom is -0.465 e. The van der Waals surface area contributed by atoms with Gasteiger partial charge in [0, 0.05) is 12.1 Å². The van der Waals surface area contributed by atoms with Gasteiger partial charge in [0.1, 0.15) is 5.82 Å². The highest BCUT2D eigenvalue weighted by molar-refractivity contribution is 5.90. The Kier molecular flexibility index (Phi) is 3.52. The molecular weight excluding hydrogens is 230 g/mol. The first-order valence-corrected chi connectivity index (χ1v) is 6.09. The van der Waals surface area contributed by atoms with Gasteiger partial charge in [0.15, 0.2) is 0 Å². The second-order valence-electron chi connectivity index (χ2n) is 4.93. The molecule has 1 saturated heterocycles. The van der Waals surface area contributed by atoms with Gasteiger partial charge in [-0.2, -0.15) is 0 Å². The monoisotopic (exact) mass is 249 g/mol. The summed E-state index contributed by atoms with van der Waals surface area (Å²) in [5.41, 5.74) is 1.23. The Morgan fingerprint density at radius 2 is 2.33 bits per heavy atom. The van der Waals surface area contributed by atoms with Gasteiger partial charge in [-0.05, 0) is 38.9 Å². The van der Waals surface area contributed by atoms with E-state index in [4.69, 9.17) is 4.74 Å². The fourth-order valence-corrected chi connectivity index (χ4v) is 2.19. The third-order valence-corrected chi connectivity index (χ3v) is 3.29. The number of nitrogens with zero attached hydrogens (tertiary/aromatic N) is 1. The molecule has 2 rings (SSSR count). The number of anilines is 1. The second-order valence-corrected chi connectivity index (χ2v) is 4.93. The molecule has 18 heavy (non-hydrogen) atoms. The van der Waals surface area contributed by atoms with Crippen molar-refractivity contribution >= 4 is 11.8 Å². The molecule has 0 saturated carbocycles. The maximum atomic E-state index is 11.5. The SMILES string of the molecule is COC(=O)c1ccc(NC2(C)CCNC2)nc1C. The van der Waals surface area contributed by atoms with Crippen molar-refractivity contribution in [2.75, 3.05) is 25.5 Å². The fourth-order valence-electron chi connectivity index (χ4n) is 2.19. The predicted molar refractivity (Wildman–Crippen MR) is 69.8 cm³/mol. The van der Waals surface area contributed by atoms with Gasteiger partial charge in [0.2, 0.25) is 0 Å². The van der Waals surface area contributed by atoms with E-state index in [9.17, 15) is 4.79 Å². The zero-order valence-electron chi connectivity index (χ0n) is 11.0. The van der Waals surface area contributed by atoms with Crippen LogP contribution in [0.3, 0.4) is 0 Å². The molecule has 1 atom stereocenters. The molecule has 5 nitrogen and oxygen atoms in total. The summed E-state index contributed by atoms with van der Waals surface area (Å²) in [5, 5.41) is 6.74. The van der Waals surface area contributed by atoms with Gasteiger partial charge in [0.05, 0.1) is 18.4 Å². The van der Waals surface area contributed by atoms with Gasteiger partial charge >= 0.3 is 5.97 Å². The second kappa shape index (κ2) is 4.94. The number of aromatic nitrogens is 1. The summed E-state index contributed by atoms with van der Waals surface area (Å²) in [6, 6.07) is 3.57. The van der Waals surface area contributed by atoms with Crippen molar-refractivity contribution in [1.29, 1.82) is 0 Å². The van der Waals surface area contributed by atoms with Crippen LogP contribution in [-0.2, 0) is 4.74 Å². The first-order chi connectivity index (χ1) is 8.54. The van der Waals surface area contributed by atoms with E-state index in [1.807, 2.05) is 13.0 Å². The number of methoxy groups -OCH3 is 1. The number of nitrogens with one attached hydrogen (secondary N) is 2. The van der Waals surface area contributed by atoms with Crippen LogP contribution in [0.2, 0.25) is 0 Å². The summed E-state index contributed by atoms with van der Waals surface area (Å²) in [5.74, 6) is 0.451. The highest BCUT2D eigenvalue weighted by atomic mass is 16.5. The van der Waals surface area contributed by atoms with Gasteiger partial charge in [-0.25, -0.2) is 9.78 Å². The highest BCUT2D eigenvalue weighted by Gasteiger charge is 2.28. The van der Waals surface area contributed by atoms with Crippen LogP contribution in [0.4, 0.5) is 5.82 Å². The Labute approximate surface area is 107 Å². The lowest BCUT2D eigenvalue weighted by molar-refractivity contribution is 0.0599. The van der Waals surface area contributed by atoms with E-state index in [1.54, 1.807) is 6.07 Å². The van der Waals surface area contributed by atoms with Gasteiger partial charge < -0.3 is 15.4 Å². The zero-order chi connectivity index (χ0) is 13.2. The molecular formula is C13H19N3O2. The Balaban J connectivity index is 2.16. The fraction of sp³-hybridized carbons (Fsp3) is 0.538. The standard InChI is InChI=1S/C13H19N3O2/c1-9-10(12(17)18-3)4-5-11(15-9)16-13(2)6-7-14-8-13/h4-5,14H,6-8H2,1-3H3,(H,15,16). The molecule has 0 amide bonds. The van der Waals surface area contributed by atoms with Crippen molar-refractivity contribution in [3.05, 3.63) is 23.4 Å². The Hall–Kier alpha value is -1.62. The molecule has 2 heterocycles. The largest absolute Gasteiger partial charge is 0.465 e. The van der Waals surface area contributed by atoms with Crippen molar-refractivity contribution < 1.29 is 9.53 Å². The molecule has 0 aromatic carbocycles. The number of aryl methyl sites for hydroxylation is 1. The average molecular weight is 249 g/mol. The molecule has 1 aromatic rings. The lowest BCUT2D eigenvalue weighted by Gasteiger charge is -2.25. The molecule has 1 aliphatic rings. The van der Waals surface area contributed by atoms with Crippen molar-refractivity contribution in [2.24, 2.45) is 0 Å². The predicted octanol–water partition coefficient (Wildman–Crippen LogP) is 1.34. The molecule has 98 valence electrons. The average Bonchev–Trinajstić information content (AvgIpc) is 2.75. The summed E-state index contributed by atoms with van der Waals surface area (Å²) in [6.07, 6.45) is 1.06. The number of hydrogen-bond acceptors (Lipinski definition) is 5. The zero-order valence-corrected chi connectivity index (χ0v) is 11.0. The number of esters is 1. The number of pyridine rings is 1.